The molecule has 0 saturated carbocycles. The summed E-state index contributed by atoms with van der Waals surface area (Å²) < 4.78 is 6.15. The van der Waals surface area contributed by atoms with Gasteiger partial charge in [-0.3, -0.25) is 0 Å². The zero-order valence-corrected chi connectivity index (χ0v) is 19.0. The van der Waals surface area contributed by atoms with E-state index in [-0.39, 0.29) is 0 Å². The fraction of sp³-hybridized carbons (Fsp3) is 0.783. The molecule has 146 valence electrons. The molecule has 25 heavy (non-hydrogen) atoms. The third-order valence-electron chi connectivity index (χ3n) is 5.16. The predicted octanol–water partition coefficient (Wildman–Crippen LogP) is 8.20. The molecule has 0 fully saturated rings. The first-order chi connectivity index (χ1) is 11.8. The highest BCUT2D eigenvalue weighted by Crippen LogP contribution is 2.36. The van der Waals surface area contributed by atoms with Gasteiger partial charge in [-0.2, -0.15) is 0 Å². The summed E-state index contributed by atoms with van der Waals surface area (Å²) in [6, 6.07) is 0. The molecule has 0 aliphatic carbocycles. The van der Waals surface area contributed by atoms with Crippen molar-refractivity contribution in [3.05, 3.63) is 30.0 Å². The number of unbranched alkanes of at least 4 members (excludes halogenated alkanes) is 7. The number of allylic oxidation sites excluding steroid dienone is 2. The highest BCUT2D eigenvalue weighted by molar-refractivity contribution is 6.74. The molecule has 0 heterocycles. The topological polar surface area (TPSA) is 9.23 Å². The monoisotopic (exact) mass is 364 g/mol. The van der Waals surface area contributed by atoms with Crippen molar-refractivity contribution in [2.45, 2.75) is 110 Å². The quantitative estimate of drug-likeness (QED) is 0.131. The van der Waals surface area contributed by atoms with Crippen molar-refractivity contribution >= 4 is 8.32 Å². The minimum absolute atomic E-state index is 0.298. The van der Waals surface area contributed by atoms with Gasteiger partial charge in [0.1, 0.15) is 0 Å². The van der Waals surface area contributed by atoms with Gasteiger partial charge in [0.2, 0.25) is 0 Å². The van der Waals surface area contributed by atoms with Gasteiger partial charge in [-0.25, -0.2) is 0 Å². The van der Waals surface area contributed by atoms with Crippen LogP contribution >= 0.6 is 0 Å². The third kappa shape index (κ3) is 14.3. The zero-order chi connectivity index (χ0) is 19.0. The molecule has 0 saturated heterocycles. The summed E-state index contributed by atoms with van der Waals surface area (Å²) in [4.78, 5) is 0. The van der Waals surface area contributed by atoms with Crippen LogP contribution in [-0.2, 0) is 4.43 Å². The maximum atomic E-state index is 6.15. The van der Waals surface area contributed by atoms with E-state index in [1.54, 1.807) is 0 Å². The van der Waals surface area contributed by atoms with Gasteiger partial charge in [-0.1, -0.05) is 78.4 Å². The molecular formula is C23H44OSi. The van der Waals surface area contributed by atoms with E-state index >= 15 is 0 Å². The Kier molecular flexibility index (Phi) is 14.3. The summed E-state index contributed by atoms with van der Waals surface area (Å²) in [6.45, 7) is 14.6. The van der Waals surface area contributed by atoms with E-state index in [1.165, 1.54) is 51.4 Å². The Hall–Kier alpha value is -0.563. The van der Waals surface area contributed by atoms with E-state index in [0.29, 0.717) is 5.04 Å². The van der Waals surface area contributed by atoms with Crippen molar-refractivity contribution < 1.29 is 4.43 Å². The lowest BCUT2D eigenvalue weighted by molar-refractivity contribution is 0.294. The summed E-state index contributed by atoms with van der Waals surface area (Å²) in [5.41, 5.74) is 3.28. The van der Waals surface area contributed by atoms with Gasteiger partial charge < -0.3 is 4.43 Å². The first-order valence-corrected chi connectivity index (χ1v) is 13.4. The SMILES string of the molecule is CCCCCCCCC/C=C\CC=C=CCCO[Si](C)(C)C(C)(C)C. The molecule has 0 bridgehead atoms. The van der Waals surface area contributed by atoms with E-state index in [1.807, 2.05) is 0 Å². The van der Waals surface area contributed by atoms with Crippen LogP contribution in [0.15, 0.2) is 30.0 Å². The van der Waals surface area contributed by atoms with E-state index in [0.717, 1.165) is 19.4 Å². The van der Waals surface area contributed by atoms with Gasteiger partial charge in [0.15, 0.2) is 8.32 Å². The molecule has 2 heteroatoms. The minimum Gasteiger partial charge on any atom is -0.416 e. The van der Waals surface area contributed by atoms with E-state index in [4.69, 9.17) is 4.43 Å². The second-order valence-corrected chi connectivity index (χ2v) is 13.4. The lowest BCUT2D eigenvalue weighted by Crippen LogP contribution is -2.40. The van der Waals surface area contributed by atoms with Crippen molar-refractivity contribution in [2.75, 3.05) is 6.61 Å². The molecule has 0 aliphatic rings. The van der Waals surface area contributed by atoms with Crippen LogP contribution in [-0.4, -0.2) is 14.9 Å². The Morgan fingerprint density at radius 1 is 0.840 bits per heavy atom. The van der Waals surface area contributed by atoms with Gasteiger partial charge in [0.05, 0.1) is 0 Å². The highest BCUT2D eigenvalue weighted by atomic mass is 28.4. The van der Waals surface area contributed by atoms with Crippen LogP contribution in [0.3, 0.4) is 0 Å². The van der Waals surface area contributed by atoms with E-state index < -0.39 is 8.32 Å². The Balaban J connectivity index is 3.60. The fourth-order valence-electron chi connectivity index (χ4n) is 2.33. The Morgan fingerprint density at radius 3 is 2.12 bits per heavy atom. The van der Waals surface area contributed by atoms with Crippen molar-refractivity contribution in [3.8, 4) is 0 Å². The predicted molar refractivity (Wildman–Crippen MR) is 117 cm³/mol. The molecule has 0 spiro atoms. The molecule has 0 N–H and O–H groups in total. The first-order valence-electron chi connectivity index (χ1n) is 10.5. The maximum Gasteiger partial charge on any atom is 0.191 e. The molecule has 0 unspecified atom stereocenters. The molecule has 0 aromatic heterocycles. The Morgan fingerprint density at radius 2 is 1.48 bits per heavy atom. The molecular weight excluding hydrogens is 320 g/mol. The molecule has 0 aromatic rings. The molecule has 0 amide bonds. The van der Waals surface area contributed by atoms with Crippen LogP contribution in [0.2, 0.25) is 18.1 Å². The second kappa shape index (κ2) is 14.6. The van der Waals surface area contributed by atoms with Crippen LogP contribution in [0.4, 0.5) is 0 Å². The number of hydrogen-bond donors (Lipinski definition) is 0. The van der Waals surface area contributed by atoms with Crippen LogP contribution in [0, 0.1) is 0 Å². The maximum absolute atomic E-state index is 6.15. The second-order valence-electron chi connectivity index (χ2n) is 8.59. The summed E-state index contributed by atoms with van der Waals surface area (Å²) in [5.74, 6) is 0. The van der Waals surface area contributed by atoms with Gasteiger partial charge in [0.25, 0.3) is 0 Å². The number of hydrogen-bond acceptors (Lipinski definition) is 1. The third-order valence-corrected chi connectivity index (χ3v) is 9.70. The van der Waals surface area contributed by atoms with Crippen LogP contribution < -0.4 is 0 Å². The van der Waals surface area contributed by atoms with Crippen molar-refractivity contribution in [1.82, 2.24) is 0 Å². The lowest BCUT2D eigenvalue weighted by Gasteiger charge is -2.36. The summed E-state index contributed by atoms with van der Waals surface area (Å²) in [7, 11) is -1.58. The average Bonchev–Trinajstić information content (AvgIpc) is 2.53. The van der Waals surface area contributed by atoms with E-state index in [9.17, 15) is 0 Å². The zero-order valence-electron chi connectivity index (χ0n) is 18.0. The van der Waals surface area contributed by atoms with Crippen molar-refractivity contribution in [3.63, 3.8) is 0 Å². The van der Waals surface area contributed by atoms with Gasteiger partial charge >= 0.3 is 0 Å². The van der Waals surface area contributed by atoms with Crippen molar-refractivity contribution in [1.29, 1.82) is 0 Å². The van der Waals surface area contributed by atoms with Crippen LogP contribution in [0.25, 0.3) is 0 Å². The Bertz CT molecular complexity index is 395. The van der Waals surface area contributed by atoms with Gasteiger partial charge in [-0.15, -0.1) is 5.73 Å². The summed E-state index contributed by atoms with van der Waals surface area (Å²) in [6.07, 6.45) is 21.7. The molecule has 0 atom stereocenters. The van der Waals surface area contributed by atoms with Crippen LogP contribution in [0.5, 0.6) is 0 Å². The smallest absolute Gasteiger partial charge is 0.191 e. The molecule has 0 rings (SSSR count). The average molecular weight is 365 g/mol. The van der Waals surface area contributed by atoms with E-state index in [2.05, 4.69) is 70.8 Å². The molecule has 0 radical (unpaired) electrons. The highest BCUT2D eigenvalue weighted by Gasteiger charge is 2.36. The normalized spacial score (nSPS) is 12.4. The van der Waals surface area contributed by atoms with Crippen molar-refractivity contribution in [2.24, 2.45) is 0 Å². The van der Waals surface area contributed by atoms with Crippen LogP contribution in [0.1, 0.15) is 91.9 Å². The lowest BCUT2D eigenvalue weighted by atomic mass is 10.1. The summed E-state index contributed by atoms with van der Waals surface area (Å²) in [5, 5.41) is 0.298. The first kappa shape index (κ1) is 24.4. The molecule has 0 aliphatic heterocycles. The molecule has 1 nitrogen and oxygen atoms in total. The van der Waals surface area contributed by atoms with Gasteiger partial charge in [-0.05, 0) is 56.0 Å². The molecule has 0 aromatic carbocycles. The van der Waals surface area contributed by atoms with Gasteiger partial charge in [0, 0.05) is 6.61 Å². The largest absolute Gasteiger partial charge is 0.416 e. The summed E-state index contributed by atoms with van der Waals surface area (Å²) >= 11 is 0. The standard InChI is InChI=1S/C23H44OSi/c1-7-8-9-10-11-12-13-14-15-16-17-18-19-20-21-22-24-25(5,6)23(2,3)4/h15-16,18,20H,7-14,17,21-22H2,1-6H3/b16-15-. The Labute approximate surface area is 159 Å². The number of rotatable bonds is 14. The fourth-order valence-corrected chi connectivity index (χ4v) is 3.39. The minimum atomic E-state index is -1.58.